The van der Waals surface area contributed by atoms with Gasteiger partial charge in [0.15, 0.2) is 11.5 Å². The summed E-state index contributed by atoms with van der Waals surface area (Å²) in [4.78, 5) is 35.7. The molecule has 4 aromatic heterocycles. The van der Waals surface area contributed by atoms with Crippen LogP contribution in [0, 0.1) is 0 Å². The van der Waals surface area contributed by atoms with Crippen molar-refractivity contribution < 1.29 is 4.79 Å². The van der Waals surface area contributed by atoms with Crippen LogP contribution in [-0.4, -0.2) is 65.6 Å². The predicted molar refractivity (Wildman–Crippen MR) is 133 cm³/mol. The summed E-state index contributed by atoms with van der Waals surface area (Å²) >= 11 is 1.62. The van der Waals surface area contributed by atoms with Crippen LogP contribution in [0.25, 0.3) is 33.7 Å². The summed E-state index contributed by atoms with van der Waals surface area (Å²) < 4.78 is 3.92. The molecule has 172 valence electrons. The fraction of sp³-hybridized carbons (Fsp3) is 0.292. The minimum Gasteiger partial charge on any atom is -0.358 e. The fourth-order valence-electron chi connectivity index (χ4n) is 4.74. The molecule has 6 rings (SSSR count). The highest BCUT2D eigenvalue weighted by Gasteiger charge is 2.30. The highest BCUT2D eigenvalue weighted by atomic mass is 32.1. The molecule has 1 aromatic carbocycles. The molecular weight excluding hydrogens is 448 g/mol. The number of hydrogen-bond donors (Lipinski definition) is 0. The molecule has 0 spiro atoms. The van der Waals surface area contributed by atoms with Crippen LogP contribution in [0.2, 0.25) is 0 Å². The third kappa shape index (κ3) is 3.41. The predicted octanol–water partition coefficient (Wildman–Crippen LogP) is 3.18. The third-order valence-electron chi connectivity index (χ3n) is 6.46. The van der Waals surface area contributed by atoms with Crippen molar-refractivity contribution in [3.8, 4) is 11.5 Å². The van der Waals surface area contributed by atoms with Crippen molar-refractivity contribution in [2.45, 2.75) is 19.5 Å². The van der Waals surface area contributed by atoms with E-state index in [1.54, 1.807) is 23.9 Å². The number of benzene rings is 1. The molecule has 9 nitrogen and oxygen atoms in total. The van der Waals surface area contributed by atoms with Gasteiger partial charge in [0.25, 0.3) is 0 Å². The van der Waals surface area contributed by atoms with Gasteiger partial charge in [0.05, 0.1) is 22.9 Å². The number of amides is 1. The van der Waals surface area contributed by atoms with E-state index in [1.807, 2.05) is 52.4 Å². The molecular formula is C24H24N8OS. The van der Waals surface area contributed by atoms with Crippen molar-refractivity contribution in [1.29, 1.82) is 0 Å². The molecule has 1 amide bonds. The van der Waals surface area contributed by atoms with Crippen molar-refractivity contribution in [2.24, 2.45) is 7.05 Å². The van der Waals surface area contributed by atoms with E-state index in [1.165, 1.54) is 0 Å². The zero-order chi connectivity index (χ0) is 23.2. The Bertz CT molecular complexity index is 1500. The molecule has 0 bridgehead atoms. The van der Waals surface area contributed by atoms with E-state index >= 15 is 0 Å². The topological polar surface area (TPSA) is 85.0 Å². The maximum absolute atomic E-state index is 13.2. The second-order valence-corrected chi connectivity index (χ2v) is 9.42. The minimum atomic E-state index is 0.0689. The van der Waals surface area contributed by atoms with Gasteiger partial charge in [-0.05, 0) is 31.2 Å². The van der Waals surface area contributed by atoms with Crippen molar-refractivity contribution in [1.82, 2.24) is 34.0 Å². The second kappa shape index (κ2) is 8.21. The highest BCUT2D eigenvalue weighted by Crippen LogP contribution is 2.35. The fourth-order valence-corrected chi connectivity index (χ4v) is 5.57. The summed E-state index contributed by atoms with van der Waals surface area (Å²) in [6.45, 7) is 4.49. The summed E-state index contributed by atoms with van der Waals surface area (Å²) in [5.41, 5.74) is 6.35. The number of nitrogens with zero attached hydrogens (tertiary/aromatic N) is 8. The third-order valence-corrected chi connectivity index (χ3v) is 7.35. The Kier molecular flexibility index (Phi) is 5.02. The van der Waals surface area contributed by atoms with Gasteiger partial charge in [0, 0.05) is 38.9 Å². The van der Waals surface area contributed by atoms with E-state index in [0.29, 0.717) is 6.54 Å². The maximum atomic E-state index is 13.2. The van der Waals surface area contributed by atoms with Crippen molar-refractivity contribution in [2.75, 3.05) is 24.5 Å². The van der Waals surface area contributed by atoms with Crippen molar-refractivity contribution in [3.05, 3.63) is 54.4 Å². The molecule has 5 aromatic rings. The summed E-state index contributed by atoms with van der Waals surface area (Å²) in [6.07, 6.45) is 3.42. The van der Waals surface area contributed by atoms with Crippen molar-refractivity contribution in [3.63, 3.8) is 0 Å². The van der Waals surface area contributed by atoms with Crippen LogP contribution in [0.4, 0.5) is 5.00 Å². The Morgan fingerprint density at radius 1 is 1.09 bits per heavy atom. The molecule has 1 saturated heterocycles. The molecule has 1 fully saturated rings. The van der Waals surface area contributed by atoms with E-state index < -0.39 is 0 Å². The van der Waals surface area contributed by atoms with Gasteiger partial charge in [-0.25, -0.2) is 19.9 Å². The van der Waals surface area contributed by atoms with Gasteiger partial charge in [0.2, 0.25) is 5.91 Å². The maximum Gasteiger partial charge on any atom is 0.242 e. The Morgan fingerprint density at radius 2 is 1.94 bits per heavy atom. The van der Waals surface area contributed by atoms with E-state index in [9.17, 15) is 4.79 Å². The molecule has 10 heteroatoms. The van der Waals surface area contributed by atoms with Crippen LogP contribution in [0.3, 0.4) is 0 Å². The zero-order valence-electron chi connectivity index (χ0n) is 19.0. The van der Waals surface area contributed by atoms with Crippen LogP contribution in [-0.2, 0) is 18.4 Å². The van der Waals surface area contributed by atoms with E-state index in [0.717, 1.165) is 51.8 Å². The van der Waals surface area contributed by atoms with E-state index in [-0.39, 0.29) is 18.5 Å². The normalized spacial score (nSPS) is 16.6. The highest BCUT2D eigenvalue weighted by molar-refractivity contribution is 7.14. The number of aromatic nitrogens is 6. The number of carbonyl (C=O) groups is 1. The summed E-state index contributed by atoms with van der Waals surface area (Å²) in [7, 11) is 2.03. The molecule has 0 N–H and O–H groups in total. The molecule has 1 aliphatic heterocycles. The summed E-state index contributed by atoms with van der Waals surface area (Å²) in [5, 5.41) is 1.10. The number of hydrogen-bond acceptors (Lipinski definition) is 7. The van der Waals surface area contributed by atoms with Crippen LogP contribution in [0.1, 0.15) is 6.92 Å². The molecule has 34 heavy (non-hydrogen) atoms. The molecule has 1 aliphatic rings. The lowest BCUT2D eigenvalue weighted by Gasteiger charge is -2.40. The summed E-state index contributed by atoms with van der Waals surface area (Å²) in [6, 6.07) is 11.9. The van der Waals surface area contributed by atoms with Crippen molar-refractivity contribution >= 4 is 44.4 Å². The standard InChI is InChI=1S/C24H24N8OS/c1-16-12-30(10-11-32(16)20(33)13-31-14-26-18-7-5-9-25-22(18)31)24-21(27-15-34-24)23-28-17-6-3-4-8-19(17)29(23)2/h3-9,14-16H,10-13H2,1-2H3/t16-/m1/s1. The van der Waals surface area contributed by atoms with Gasteiger partial charge in [0.1, 0.15) is 22.8 Å². The average molecular weight is 473 g/mol. The van der Waals surface area contributed by atoms with Crippen LogP contribution >= 0.6 is 11.3 Å². The first-order chi connectivity index (χ1) is 16.6. The van der Waals surface area contributed by atoms with Gasteiger partial charge in [-0.3, -0.25) is 4.79 Å². The number of piperazine rings is 1. The lowest BCUT2D eigenvalue weighted by atomic mass is 10.2. The van der Waals surface area contributed by atoms with E-state index in [2.05, 4.69) is 37.4 Å². The minimum absolute atomic E-state index is 0.0689. The second-order valence-electron chi connectivity index (χ2n) is 8.59. The molecule has 0 unspecified atom stereocenters. The lowest BCUT2D eigenvalue weighted by molar-refractivity contribution is -0.134. The molecule has 0 aliphatic carbocycles. The van der Waals surface area contributed by atoms with Crippen LogP contribution in [0.5, 0.6) is 0 Å². The monoisotopic (exact) mass is 472 g/mol. The number of rotatable bonds is 4. The Labute approximate surface area is 200 Å². The van der Waals surface area contributed by atoms with Gasteiger partial charge < -0.3 is 18.9 Å². The Morgan fingerprint density at radius 3 is 2.79 bits per heavy atom. The van der Waals surface area contributed by atoms with Crippen LogP contribution in [0.15, 0.2) is 54.4 Å². The summed E-state index contributed by atoms with van der Waals surface area (Å²) in [5.74, 6) is 0.945. The number of carbonyl (C=O) groups excluding carboxylic acids is 1. The molecule has 1 atom stereocenters. The van der Waals surface area contributed by atoms with Crippen LogP contribution < -0.4 is 4.90 Å². The quantitative estimate of drug-likeness (QED) is 0.399. The number of fused-ring (bicyclic) bond motifs is 2. The Balaban J connectivity index is 1.20. The molecule has 0 saturated carbocycles. The van der Waals surface area contributed by atoms with Gasteiger partial charge >= 0.3 is 0 Å². The number of anilines is 1. The van der Waals surface area contributed by atoms with Gasteiger partial charge in [-0.15, -0.1) is 11.3 Å². The first-order valence-electron chi connectivity index (χ1n) is 11.3. The first kappa shape index (κ1) is 20.8. The first-order valence-corrected chi connectivity index (χ1v) is 12.1. The number of pyridine rings is 1. The van der Waals surface area contributed by atoms with E-state index in [4.69, 9.17) is 4.98 Å². The zero-order valence-corrected chi connectivity index (χ0v) is 19.8. The number of aryl methyl sites for hydroxylation is 1. The van der Waals surface area contributed by atoms with Gasteiger partial charge in [-0.2, -0.15) is 0 Å². The number of imidazole rings is 2. The largest absolute Gasteiger partial charge is 0.358 e. The molecule has 5 heterocycles. The lowest BCUT2D eigenvalue weighted by Crippen LogP contribution is -2.54. The molecule has 0 radical (unpaired) electrons. The SMILES string of the molecule is C[C@@H]1CN(c2scnc2-c2nc3ccccc3n2C)CCN1C(=O)Cn1cnc2cccnc21. The average Bonchev–Trinajstić information content (AvgIpc) is 3.57. The number of para-hydroxylation sites is 2. The Hall–Kier alpha value is -3.79. The number of thiazole rings is 1. The van der Waals surface area contributed by atoms with Gasteiger partial charge in [-0.1, -0.05) is 12.1 Å². The smallest absolute Gasteiger partial charge is 0.242 e.